The topological polar surface area (TPSA) is 89.8 Å². The molecule has 0 radical (unpaired) electrons. The van der Waals surface area contributed by atoms with Crippen LogP contribution in [0.2, 0.25) is 0 Å². The van der Waals surface area contributed by atoms with Crippen molar-refractivity contribution in [2.24, 2.45) is 0 Å². The van der Waals surface area contributed by atoms with E-state index in [1.807, 2.05) is 0 Å². The maximum absolute atomic E-state index is 12.9. The lowest BCUT2D eigenvalue weighted by Crippen LogP contribution is -2.47. The second-order valence-electron chi connectivity index (χ2n) is 6.05. The quantitative estimate of drug-likeness (QED) is 0.636. The molecule has 7 nitrogen and oxygen atoms in total. The molecule has 2 N–H and O–H groups in total. The monoisotopic (exact) mass is 386 g/mol. The summed E-state index contributed by atoms with van der Waals surface area (Å²) >= 11 is 0. The summed E-state index contributed by atoms with van der Waals surface area (Å²) in [6.45, 7) is 1.52. The number of ether oxygens (including phenoxy) is 2. The molecule has 2 aromatic carbocycles. The second kappa shape index (κ2) is 8.43. The maximum Gasteiger partial charge on any atom is 0.279 e. The van der Waals surface area contributed by atoms with Crippen molar-refractivity contribution in [1.29, 1.82) is 0 Å². The fourth-order valence-electron chi connectivity index (χ4n) is 2.55. The fourth-order valence-corrected chi connectivity index (χ4v) is 2.55. The molecule has 0 aliphatic heterocycles. The Bertz CT molecular complexity index is 984. The van der Waals surface area contributed by atoms with Crippen molar-refractivity contribution in [3.05, 3.63) is 60.1 Å². The molecule has 3 aromatic rings. The molecule has 8 heteroatoms. The van der Waals surface area contributed by atoms with Crippen LogP contribution in [0, 0.1) is 5.82 Å². The summed E-state index contributed by atoms with van der Waals surface area (Å²) in [6, 6.07) is 10.6. The van der Waals surface area contributed by atoms with Crippen LogP contribution in [0.4, 0.5) is 4.39 Å². The van der Waals surface area contributed by atoms with Gasteiger partial charge in [0, 0.05) is 17.0 Å². The van der Waals surface area contributed by atoms with Gasteiger partial charge in [-0.15, -0.1) is 0 Å². The Kier molecular flexibility index (Phi) is 5.78. The highest BCUT2D eigenvalue weighted by molar-refractivity contribution is 5.89. The number of amides is 2. The van der Waals surface area contributed by atoms with Crippen molar-refractivity contribution in [3.63, 3.8) is 0 Å². The van der Waals surface area contributed by atoms with Crippen LogP contribution in [0.3, 0.4) is 0 Å². The van der Waals surface area contributed by atoms with Gasteiger partial charge in [-0.3, -0.25) is 20.4 Å². The molecule has 146 valence electrons. The number of hydrogen-bond acceptors (Lipinski definition) is 5. The summed E-state index contributed by atoms with van der Waals surface area (Å²) in [7, 11) is 1.56. The summed E-state index contributed by atoms with van der Waals surface area (Å²) < 4.78 is 28.8. The standard InChI is InChI=1S/C20H19FN2O5/c1-12(28-15-5-3-14(21)4-6-15)20(25)23-22-19(24)9-13-11-27-18-10-16(26-2)7-8-17(13)18/h3-8,10-12H,9H2,1-2H3,(H,22,24)(H,23,25). The van der Waals surface area contributed by atoms with Gasteiger partial charge in [0.2, 0.25) is 5.91 Å². The van der Waals surface area contributed by atoms with E-state index in [0.717, 1.165) is 5.39 Å². The Morgan fingerprint density at radius 1 is 1.11 bits per heavy atom. The van der Waals surface area contributed by atoms with Crippen LogP contribution in [0.25, 0.3) is 11.0 Å². The van der Waals surface area contributed by atoms with E-state index in [4.69, 9.17) is 13.9 Å². The molecule has 0 saturated carbocycles. The zero-order chi connectivity index (χ0) is 20.1. The molecule has 0 bridgehead atoms. The van der Waals surface area contributed by atoms with Crippen LogP contribution in [-0.2, 0) is 16.0 Å². The van der Waals surface area contributed by atoms with Crippen LogP contribution >= 0.6 is 0 Å². The van der Waals surface area contributed by atoms with Crippen molar-refractivity contribution < 1.29 is 27.9 Å². The van der Waals surface area contributed by atoms with Crippen molar-refractivity contribution >= 4 is 22.8 Å². The lowest BCUT2D eigenvalue weighted by Gasteiger charge is -2.15. The van der Waals surface area contributed by atoms with E-state index in [0.29, 0.717) is 22.6 Å². The van der Waals surface area contributed by atoms with Gasteiger partial charge in [0.1, 0.15) is 22.9 Å². The molecule has 1 heterocycles. The summed E-state index contributed by atoms with van der Waals surface area (Å²) in [4.78, 5) is 24.2. The van der Waals surface area contributed by atoms with Gasteiger partial charge in [0.15, 0.2) is 6.10 Å². The van der Waals surface area contributed by atoms with Crippen LogP contribution in [0.15, 0.2) is 53.1 Å². The first-order valence-electron chi connectivity index (χ1n) is 8.51. The number of fused-ring (bicyclic) bond motifs is 1. The summed E-state index contributed by atoms with van der Waals surface area (Å²) in [6.07, 6.45) is 0.631. The van der Waals surface area contributed by atoms with Gasteiger partial charge in [0.25, 0.3) is 5.91 Å². The average molecular weight is 386 g/mol. The van der Waals surface area contributed by atoms with E-state index in [1.54, 1.807) is 25.3 Å². The van der Waals surface area contributed by atoms with E-state index in [1.165, 1.54) is 37.5 Å². The van der Waals surface area contributed by atoms with Gasteiger partial charge < -0.3 is 13.9 Å². The molecule has 28 heavy (non-hydrogen) atoms. The van der Waals surface area contributed by atoms with Gasteiger partial charge in [-0.1, -0.05) is 0 Å². The van der Waals surface area contributed by atoms with Crippen LogP contribution < -0.4 is 20.3 Å². The van der Waals surface area contributed by atoms with E-state index in [2.05, 4.69) is 10.9 Å². The van der Waals surface area contributed by atoms with Crippen molar-refractivity contribution in [2.45, 2.75) is 19.4 Å². The number of methoxy groups -OCH3 is 1. The highest BCUT2D eigenvalue weighted by atomic mass is 19.1. The smallest absolute Gasteiger partial charge is 0.279 e. The Morgan fingerprint density at radius 3 is 2.54 bits per heavy atom. The van der Waals surface area contributed by atoms with Gasteiger partial charge in [-0.25, -0.2) is 4.39 Å². The Balaban J connectivity index is 1.52. The van der Waals surface area contributed by atoms with Gasteiger partial charge >= 0.3 is 0 Å². The van der Waals surface area contributed by atoms with Gasteiger partial charge in [-0.2, -0.15) is 0 Å². The number of halogens is 1. The molecule has 0 spiro atoms. The third kappa shape index (κ3) is 4.59. The fraction of sp³-hybridized carbons (Fsp3) is 0.200. The number of hydrazine groups is 1. The number of benzene rings is 2. The molecule has 2 amide bonds. The highest BCUT2D eigenvalue weighted by Crippen LogP contribution is 2.25. The predicted octanol–water partition coefficient (Wildman–Crippen LogP) is 2.74. The number of hydrogen-bond donors (Lipinski definition) is 2. The van der Waals surface area contributed by atoms with E-state index >= 15 is 0 Å². The minimum atomic E-state index is -0.881. The first-order chi connectivity index (χ1) is 13.5. The van der Waals surface area contributed by atoms with Crippen LogP contribution in [0.1, 0.15) is 12.5 Å². The maximum atomic E-state index is 12.9. The third-order valence-electron chi connectivity index (χ3n) is 4.03. The number of rotatable bonds is 6. The van der Waals surface area contributed by atoms with Crippen molar-refractivity contribution in [3.8, 4) is 11.5 Å². The molecule has 0 saturated heterocycles. The van der Waals surface area contributed by atoms with E-state index < -0.39 is 23.7 Å². The lowest BCUT2D eigenvalue weighted by molar-refractivity contribution is -0.132. The number of carbonyl (C=O) groups excluding carboxylic acids is 2. The Morgan fingerprint density at radius 2 is 1.82 bits per heavy atom. The molecule has 3 rings (SSSR count). The summed E-state index contributed by atoms with van der Waals surface area (Å²) in [5.74, 6) is -0.363. The highest BCUT2D eigenvalue weighted by Gasteiger charge is 2.16. The zero-order valence-corrected chi connectivity index (χ0v) is 15.3. The number of furan rings is 1. The first-order valence-corrected chi connectivity index (χ1v) is 8.51. The largest absolute Gasteiger partial charge is 0.497 e. The molecule has 0 aliphatic rings. The molecule has 1 aromatic heterocycles. The summed E-state index contributed by atoms with van der Waals surface area (Å²) in [5.41, 5.74) is 5.93. The normalized spacial score (nSPS) is 11.7. The predicted molar refractivity (Wildman–Crippen MR) is 99.2 cm³/mol. The van der Waals surface area contributed by atoms with Gasteiger partial charge in [-0.05, 0) is 43.3 Å². The zero-order valence-electron chi connectivity index (χ0n) is 15.3. The average Bonchev–Trinajstić information content (AvgIpc) is 3.09. The lowest BCUT2D eigenvalue weighted by atomic mass is 10.1. The number of nitrogens with one attached hydrogen (secondary N) is 2. The van der Waals surface area contributed by atoms with Crippen molar-refractivity contribution in [1.82, 2.24) is 10.9 Å². The molecule has 0 aliphatic carbocycles. The molecule has 1 atom stereocenters. The Labute approximate surface area is 160 Å². The first kappa shape index (κ1) is 19.2. The second-order valence-corrected chi connectivity index (χ2v) is 6.05. The Hall–Kier alpha value is -3.55. The number of carbonyl (C=O) groups is 2. The third-order valence-corrected chi connectivity index (χ3v) is 4.03. The minimum absolute atomic E-state index is 0.0206. The molecule has 1 unspecified atom stereocenters. The van der Waals surface area contributed by atoms with Crippen LogP contribution in [0.5, 0.6) is 11.5 Å². The minimum Gasteiger partial charge on any atom is -0.497 e. The summed E-state index contributed by atoms with van der Waals surface area (Å²) in [5, 5.41) is 0.787. The molecule has 0 fully saturated rings. The van der Waals surface area contributed by atoms with Crippen LogP contribution in [-0.4, -0.2) is 25.0 Å². The molecular weight excluding hydrogens is 367 g/mol. The molecular formula is C20H19FN2O5. The van der Waals surface area contributed by atoms with E-state index in [9.17, 15) is 14.0 Å². The van der Waals surface area contributed by atoms with Gasteiger partial charge in [0.05, 0.1) is 19.8 Å². The van der Waals surface area contributed by atoms with E-state index in [-0.39, 0.29) is 6.42 Å². The SMILES string of the molecule is COc1ccc2c(CC(=O)NNC(=O)C(C)Oc3ccc(F)cc3)coc2c1. The van der Waals surface area contributed by atoms with Crippen molar-refractivity contribution in [2.75, 3.05) is 7.11 Å².